The molecule has 1 amide bonds. The molecule has 31 heavy (non-hydrogen) atoms. The SMILES string of the molecule is N#Cc1ccc(O)c(N)c1.N#Cc1ccc(O)c(NC(=O)c2ccc([N+](=O)[O-])cc2)c1. The quantitative estimate of drug-likeness (QED) is 0.216. The van der Waals surface area contributed by atoms with Crippen molar-refractivity contribution in [1.82, 2.24) is 0 Å². The van der Waals surface area contributed by atoms with E-state index in [0.29, 0.717) is 5.56 Å². The number of carbonyl (C=O) groups is 1. The molecular formula is C21H15N5O5. The number of nitrogens with zero attached hydrogens (tertiary/aromatic N) is 3. The Labute approximate surface area is 176 Å². The van der Waals surface area contributed by atoms with Crippen LogP contribution in [0.4, 0.5) is 17.1 Å². The fraction of sp³-hybridized carbons (Fsp3) is 0. The van der Waals surface area contributed by atoms with Crippen molar-refractivity contribution in [2.45, 2.75) is 0 Å². The molecular weight excluding hydrogens is 402 g/mol. The van der Waals surface area contributed by atoms with Crippen molar-refractivity contribution in [1.29, 1.82) is 10.5 Å². The maximum Gasteiger partial charge on any atom is 0.269 e. The number of phenols is 2. The minimum absolute atomic E-state index is 0.0130. The normalized spacial score (nSPS) is 9.35. The first-order valence-electron chi connectivity index (χ1n) is 8.52. The molecule has 3 aromatic carbocycles. The average molecular weight is 417 g/mol. The van der Waals surface area contributed by atoms with Gasteiger partial charge in [-0.2, -0.15) is 10.5 Å². The minimum Gasteiger partial charge on any atom is -0.506 e. The molecule has 0 aliphatic carbocycles. The lowest BCUT2D eigenvalue weighted by Gasteiger charge is -2.07. The number of aromatic hydroxyl groups is 2. The number of hydrogen-bond acceptors (Lipinski definition) is 8. The van der Waals surface area contributed by atoms with E-state index in [9.17, 15) is 20.0 Å². The largest absolute Gasteiger partial charge is 0.506 e. The molecule has 10 nitrogen and oxygen atoms in total. The lowest BCUT2D eigenvalue weighted by atomic mass is 10.1. The van der Waals surface area contributed by atoms with Crippen molar-refractivity contribution in [3.63, 3.8) is 0 Å². The summed E-state index contributed by atoms with van der Waals surface area (Å²) < 4.78 is 0. The smallest absolute Gasteiger partial charge is 0.269 e. The molecule has 3 rings (SSSR count). The van der Waals surface area contributed by atoms with Crippen molar-refractivity contribution in [2.24, 2.45) is 0 Å². The highest BCUT2D eigenvalue weighted by Gasteiger charge is 2.12. The molecule has 154 valence electrons. The molecule has 0 saturated carbocycles. The Balaban J connectivity index is 0.000000285. The summed E-state index contributed by atoms with van der Waals surface area (Å²) in [5.41, 5.74) is 6.44. The number of phenolic OH excluding ortho intramolecular Hbond substituents is 2. The standard InChI is InChI=1S/C14H9N3O4.C7H6N2O/c15-8-9-1-6-13(18)12(7-9)16-14(19)10-2-4-11(5-3-10)17(20)21;8-4-5-1-2-7(10)6(9)3-5/h1-7,18H,(H,16,19);1-3,10H,9H2. The molecule has 0 spiro atoms. The Hall–Kier alpha value is -5.09. The molecule has 0 bridgehead atoms. The first kappa shape index (κ1) is 22.2. The van der Waals surface area contributed by atoms with Crippen LogP contribution in [0.1, 0.15) is 21.5 Å². The molecule has 0 aliphatic rings. The van der Waals surface area contributed by atoms with Crippen LogP contribution in [0.15, 0.2) is 60.7 Å². The Bertz CT molecular complexity index is 1210. The second-order valence-electron chi connectivity index (χ2n) is 5.99. The molecule has 0 heterocycles. The molecule has 5 N–H and O–H groups in total. The van der Waals surface area contributed by atoms with E-state index in [-0.39, 0.29) is 39.7 Å². The van der Waals surface area contributed by atoms with Gasteiger partial charge >= 0.3 is 0 Å². The maximum absolute atomic E-state index is 12.0. The number of nitrogens with two attached hydrogens (primary N) is 1. The molecule has 0 aliphatic heterocycles. The van der Waals surface area contributed by atoms with Crippen molar-refractivity contribution in [3.8, 4) is 23.6 Å². The molecule has 0 atom stereocenters. The number of nitrogen functional groups attached to an aromatic ring is 1. The topological polar surface area (TPSA) is 186 Å². The minimum atomic E-state index is -0.566. The molecule has 10 heteroatoms. The van der Waals surface area contributed by atoms with Crippen molar-refractivity contribution in [2.75, 3.05) is 11.1 Å². The Morgan fingerprint density at radius 1 is 0.935 bits per heavy atom. The number of nitro groups is 1. The first-order valence-corrected chi connectivity index (χ1v) is 8.52. The molecule has 0 aromatic heterocycles. The Morgan fingerprint density at radius 3 is 2.00 bits per heavy atom. The molecule has 0 saturated heterocycles. The second kappa shape index (κ2) is 9.91. The van der Waals surface area contributed by atoms with E-state index < -0.39 is 10.8 Å². The van der Waals surface area contributed by atoms with E-state index in [1.54, 1.807) is 0 Å². The summed E-state index contributed by atoms with van der Waals surface area (Å²) in [4.78, 5) is 21.9. The lowest BCUT2D eigenvalue weighted by Crippen LogP contribution is -2.12. The van der Waals surface area contributed by atoms with Gasteiger partial charge < -0.3 is 21.3 Å². The number of nitro benzene ring substituents is 1. The summed E-state index contributed by atoms with van der Waals surface area (Å²) >= 11 is 0. The van der Waals surface area contributed by atoms with Gasteiger partial charge in [0.25, 0.3) is 11.6 Å². The van der Waals surface area contributed by atoms with Gasteiger partial charge in [0.05, 0.1) is 39.6 Å². The molecule has 0 radical (unpaired) electrons. The number of nitriles is 2. The summed E-state index contributed by atoms with van der Waals surface area (Å²) in [6.45, 7) is 0. The predicted octanol–water partition coefficient (Wildman–Crippen LogP) is 3.27. The van der Waals surface area contributed by atoms with Gasteiger partial charge in [0.2, 0.25) is 0 Å². The van der Waals surface area contributed by atoms with Crippen molar-refractivity contribution in [3.05, 3.63) is 87.5 Å². The zero-order chi connectivity index (χ0) is 23.0. The second-order valence-corrected chi connectivity index (χ2v) is 5.99. The van der Waals surface area contributed by atoms with Crippen molar-refractivity contribution >= 4 is 23.0 Å². The van der Waals surface area contributed by atoms with Crippen LogP contribution < -0.4 is 11.1 Å². The Kier molecular flexibility index (Phi) is 7.10. The van der Waals surface area contributed by atoms with Crippen LogP contribution in [0.25, 0.3) is 0 Å². The van der Waals surface area contributed by atoms with Gasteiger partial charge in [0.15, 0.2) is 0 Å². The fourth-order valence-corrected chi connectivity index (χ4v) is 2.26. The summed E-state index contributed by atoms with van der Waals surface area (Å²) in [7, 11) is 0. The monoisotopic (exact) mass is 417 g/mol. The van der Waals surface area contributed by atoms with Gasteiger partial charge in [-0.25, -0.2) is 0 Å². The summed E-state index contributed by atoms with van der Waals surface area (Å²) in [6, 6.07) is 17.2. The summed E-state index contributed by atoms with van der Waals surface area (Å²) in [6.07, 6.45) is 0. The first-order chi connectivity index (χ1) is 14.7. The zero-order valence-corrected chi connectivity index (χ0v) is 15.8. The Morgan fingerprint density at radius 2 is 1.48 bits per heavy atom. The van der Waals surface area contributed by atoms with Gasteiger partial charge in [-0.1, -0.05) is 0 Å². The van der Waals surface area contributed by atoms with Gasteiger partial charge in [0.1, 0.15) is 11.5 Å². The number of carbonyl (C=O) groups excluding carboxylic acids is 1. The number of amides is 1. The van der Waals surface area contributed by atoms with E-state index in [1.807, 2.05) is 12.1 Å². The van der Waals surface area contributed by atoms with Crippen LogP contribution in [0.2, 0.25) is 0 Å². The van der Waals surface area contributed by atoms with E-state index in [0.717, 1.165) is 0 Å². The number of hydrogen-bond donors (Lipinski definition) is 4. The van der Waals surface area contributed by atoms with E-state index in [2.05, 4.69) is 5.32 Å². The van der Waals surface area contributed by atoms with Crippen LogP contribution in [-0.2, 0) is 0 Å². The summed E-state index contributed by atoms with van der Waals surface area (Å²) in [5.74, 6) is -0.710. The predicted molar refractivity (Wildman–Crippen MR) is 111 cm³/mol. The van der Waals surface area contributed by atoms with E-state index in [4.69, 9.17) is 21.4 Å². The third kappa shape index (κ3) is 5.94. The number of anilines is 2. The van der Waals surface area contributed by atoms with Crippen LogP contribution >= 0.6 is 0 Å². The van der Waals surface area contributed by atoms with Crippen LogP contribution in [0.3, 0.4) is 0 Å². The van der Waals surface area contributed by atoms with E-state index in [1.165, 1.54) is 60.7 Å². The van der Waals surface area contributed by atoms with Gasteiger partial charge in [-0.3, -0.25) is 14.9 Å². The van der Waals surface area contributed by atoms with Crippen LogP contribution in [0, 0.1) is 32.8 Å². The highest BCUT2D eigenvalue weighted by molar-refractivity contribution is 6.05. The van der Waals surface area contributed by atoms with E-state index >= 15 is 0 Å². The molecule has 0 fully saturated rings. The third-order valence-electron chi connectivity index (χ3n) is 3.87. The van der Waals surface area contributed by atoms with Gasteiger partial charge in [-0.15, -0.1) is 0 Å². The van der Waals surface area contributed by atoms with Gasteiger partial charge in [-0.05, 0) is 48.5 Å². The number of benzene rings is 3. The highest BCUT2D eigenvalue weighted by Crippen LogP contribution is 2.25. The third-order valence-corrected chi connectivity index (χ3v) is 3.87. The average Bonchev–Trinajstić information content (AvgIpc) is 2.77. The summed E-state index contributed by atoms with van der Waals surface area (Å²) in [5, 5.41) is 48.6. The lowest BCUT2D eigenvalue weighted by molar-refractivity contribution is -0.384. The van der Waals surface area contributed by atoms with Gasteiger partial charge in [0, 0.05) is 17.7 Å². The number of rotatable bonds is 3. The fourth-order valence-electron chi connectivity index (χ4n) is 2.26. The number of nitrogens with one attached hydrogen (secondary N) is 1. The van der Waals surface area contributed by atoms with Crippen molar-refractivity contribution < 1.29 is 19.9 Å². The van der Waals surface area contributed by atoms with Crippen LogP contribution in [0.5, 0.6) is 11.5 Å². The number of non-ortho nitro benzene ring substituents is 1. The van der Waals surface area contributed by atoms with Crippen LogP contribution in [-0.4, -0.2) is 21.0 Å². The zero-order valence-electron chi connectivity index (χ0n) is 15.8. The molecule has 0 unspecified atom stereocenters. The molecule has 3 aromatic rings. The maximum atomic E-state index is 12.0. The highest BCUT2D eigenvalue weighted by atomic mass is 16.6.